The van der Waals surface area contributed by atoms with E-state index >= 15 is 0 Å². The fourth-order valence-electron chi connectivity index (χ4n) is 2.27. The van der Waals surface area contributed by atoms with Crippen molar-refractivity contribution in [3.63, 3.8) is 0 Å². The Hall–Kier alpha value is 0.120. The van der Waals surface area contributed by atoms with Gasteiger partial charge >= 0.3 is 0 Å². The molecule has 0 fully saturated rings. The van der Waals surface area contributed by atoms with Crippen LogP contribution >= 0.6 is 11.6 Å². The summed E-state index contributed by atoms with van der Waals surface area (Å²) in [6.45, 7) is 6.47. The Labute approximate surface area is 129 Å². The minimum absolute atomic E-state index is 0. The summed E-state index contributed by atoms with van der Waals surface area (Å²) in [7, 11) is 0. The van der Waals surface area contributed by atoms with Gasteiger partial charge in [0.15, 0.2) is 0 Å². The molecule has 0 amide bonds. The van der Waals surface area contributed by atoms with Gasteiger partial charge < -0.3 is 0 Å². The molecule has 2 aliphatic rings. The maximum Gasteiger partial charge on any atom is 0.0195 e. The van der Waals surface area contributed by atoms with Gasteiger partial charge in [-0.05, 0) is 6.42 Å². The van der Waals surface area contributed by atoms with Crippen molar-refractivity contribution in [2.45, 2.75) is 27.2 Å². The van der Waals surface area contributed by atoms with Crippen molar-refractivity contribution in [1.82, 2.24) is 0 Å². The van der Waals surface area contributed by atoms with Crippen LogP contribution in [0.2, 0.25) is 0 Å². The first-order valence-electron chi connectivity index (χ1n) is 5.84. The van der Waals surface area contributed by atoms with E-state index in [1.54, 1.807) is 0 Å². The Morgan fingerprint density at radius 2 is 1.06 bits per heavy atom. The molecule has 0 spiro atoms. The second kappa shape index (κ2) is 7.53. The fraction of sp³-hybridized carbons (Fsp3) is 0.467. The monoisotopic (exact) mass is 416 g/mol. The number of allylic oxidation sites excluding steroid dienone is 8. The molecule has 17 heavy (non-hydrogen) atoms. The van der Waals surface area contributed by atoms with Gasteiger partial charge in [0.25, 0.3) is 0 Å². The minimum atomic E-state index is 0. The Bertz CT molecular complexity index is 281. The summed E-state index contributed by atoms with van der Waals surface area (Å²) in [6.07, 6.45) is 18.9. The van der Waals surface area contributed by atoms with Crippen LogP contribution in [0.1, 0.15) is 27.2 Å². The van der Waals surface area contributed by atoms with Crippen LogP contribution in [0.4, 0.5) is 0 Å². The van der Waals surface area contributed by atoms with E-state index in [-0.39, 0.29) is 36.7 Å². The molecule has 2 heteroatoms. The van der Waals surface area contributed by atoms with Crippen molar-refractivity contribution < 1.29 is 25.8 Å². The van der Waals surface area contributed by atoms with Crippen molar-refractivity contribution in [2.75, 3.05) is 5.88 Å². The minimum Gasteiger partial charge on any atom is -0.127 e. The van der Waals surface area contributed by atoms with Crippen LogP contribution in [-0.2, 0) is 25.8 Å². The van der Waals surface area contributed by atoms with Crippen LogP contribution in [0.15, 0.2) is 48.6 Å². The Kier molecular flexibility index (Phi) is 7.59. The van der Waals surface area contributed by atoms with E-state index in [9.17, 15) is 0 Å². The maximum atomic E-state index is 5.00. The van der Waals surface area contributed by atoms with Crippen LogP contribution in [0.5, 0.6) is 0 Å². The molecule has 0 aliphatic heterocycles. The molecule has 0 aromatic rings. The van der Waals surface area contributed by atoms with Crippen LogP contribution in [0.3, 0.4) is 0 Å². The van der Waals surface area contributed by atoms with E-state index in [1.807, 2.05) is 6.92 Å². The van der Waals surface area contributed by atoms with Gasteiger partial charge in [-0.15, -0.1) is 11.6 Å². The summed E-state index contributed by atoms with van der Waals surface area (Å²) in [5, 5.41) is 0. The van der Waals surface area contributed by atoms with Gasteiger partial charge in [-0.1, -0.05) is 69.4 Å². The summed E-state index contributed by atoms with van der Waals surface area (Å²) in [5.74, 6) is 0.722. The Morgan fingerprint density at radius 3 is 1.29 bits per heavy atom. The van der Waals surface area contributed by atoms with Crippen molar-refractivity contribution in [3.8, 4) is 0 Å². The quantitative estimate of drug-likeness (QED) is 0.446. The number of alkyl halides is 1. The van der Waals surface area contributed by atoms with Gasteiger partial charge in [-0.25, -0.2) is 0 Å². The van der Waals surface area contributed by atoms with Crippen molar-refractivity contribution >= 4 is 11.6 Å². The molecule has 0 saturated heterocycles. The smallest absolute Gasteiger partial charge is 0.0195 e. The molecule has 0 nitrogen and oxygen atoms in total. The molecule has 0 aromatic carbocycles. The van der Waals surface area contributed by atoms with Crippen molar-refractivity contribution in [1.29, 1.82) is 0 Å². The zero-order valence-corrected chi connectivity index (χ0v) is 15.3. The molecule has 2 rings (SSSR count). The van der Waals surface area contributed by atoms with Crippen LogP contribution in [0.25, 0.3) is 0 Å². The van der Waals surface area contributed by atoms with Gasteiger partial charge in [-0.2, -0.15) is 0 Å². The molecule has 0 atom stereocenters. The molecule has 0 heterocycles. The van der Waals surface area contributed by atoms with E-state index in [1.165, 1.54) is 6.42 Å². The Morgan fingerprint density at radius 1 is 0.824 bits per heavy atom. The van der Waals surface area contributed by atoms with E-state index < -0.39 is 0 Å². The third kappa shape index (κ3) is 5.52. The van der Waals surface area contributed by atoms with Crippen molar-refractivity contribution in [2.24, 2.45) is 10.8 Å². The fourth-order valence-corrected chi connectivity index (χ4v) is 2.27. The third-order valence-electron chi connectivity index (χ3n) is 2.89. The predicted octanol–water partition coefficient (Wildman–Crippen LogP) is 4.88. The first kappa shape index (κ1) is 17.1. The summed E-state index contributed by atoms with van der Waals surface area (Å²) in [6, 6.07) is 0. The van der Waals surface area contributed by atoms with E-state index in [0.29, 0.717) is 0 Å². The average Bonchev–Trinajstić information content (AvgIpc) is 2.77. The molecule has 0 radical (unpaired) electrons. The number of halogens is 1. The zero-order chi connectivity index (χ0) is 12.1. The Balaban J connectivity index is 0.000000583. The predicted molar refractivity (Wildman–Crippen MR) is 73.8 cm³/mol. The van der Waals surface area contributed by atoms with Gasteiger partial charge in [0.1, 0.15) is 0 Å². The summed E-state index contributed by atoms with van der Waals surface area (Å²) in [4.78, 5) is 0. The zero-order valence-electron chi connectivity index (χ0n) is 10.9. The summed E-state index contributed by atoms with van der Waals surface area (Å²) in [5.41, 5.74) is 0.515. The normalized spacial score (nSPS) is 20.9. The maximum absolute atomic E-state index is 5.00. The van der Waals surface area contributed by atoms with Gasteiger partial charge in [0.05, 0.1) is 0 Å². The molecule has 0 bridgehead atoms. The number of hydrogen-bond donors (Lipinski definition) is 0. The van der Waals surface area contributed by atoms with Gasteiger partial charge in [0, 0.05) is 42.6 Å². The van der Waals surface area contributed by atoms with Crippen molar-refractivity contribution in [3.05, 3.63) is 48.6 Å². The van der Waals surface area contributed by atoms with Gasteiger partial charge in [0.2, 0.25) is 0 Å². The standard InChI is InChI=1S/C13H16.C2H5Cl.Hf/c1-12(7-3-4-8-12)11-13(2)9-5-6-10-13;1-2-3;/h3-10H,11H2,1-2H3;2H2,1H3;. The summed E-state index contributed by atoms with van der Waals surface area (Å²) < 4.78 is 0. The largest absolute Gasteiger partial charge is 0.127 e. The van der Waals surface area contributed by atoms with Crippen LogP contribution in [0, 0.1) is 10.8 Å². The van der Waals surface area contributed by atoms with E-state index in [0.717, 1.165) is 5.88 Å². The molecule has 2 aliphatic carbocycles. The van der Waals surface area contributed by atoms with Crippen LogP contribution in [-0.4, -0.2) is 5.88 Å². The number of hydrogen-bond acceptors (Lipinski definition) is 0. The number of rotatable bonds is 2. The SMILES string of the molecule is CC1(CC2(C)C=CC=C2)C=CC=C1.CCCl.[Hf]. The third-order valence-corrected chi connectivity index (χ3v) is 2.89. The molecule has 0 unspecified atom stereocenters. The molecule has 92 valence electrons. The molecular formula is C15H21ClHf. The second-order valence-electron chi connectivity index (χ2n) is 4.89. The first-order valence-corrected chi connectivity index (χ1v) is 6.37. The molecule has 0 saturated carbocycles. The van der Waals surface area contributed by atoms with Gasteiger partial charge in [-0.3, -0.25) is 0 Å². The second-order valence-corrected chi connectivity index (χ2v) is 5.43. The summed E-state index contributed by atoms with van der Waals surface area (Å²) >= 11 is 5.00. The first-order chi connectivity index (χ1) is 7.54. The van der Waals surface area contributed by atoms with E-state index in [2.05, 4.69) is 62.5 Å². The van der Waals surface area contributed by atoms with E-state index in [4.69, 9.17) is 11.6 Å². The molecular weight excluding hydrogens is 394 g/mol. The average molecular weight is 415 g/mol. The molecule has 0 aromatic heterocycles. The molecule has 0 N–H and O–H groups in total. The van der Waals surface area contributed by atoms with Crippen LogP contribution < -0.4 is 0 Å². The topological polar surface area (TPSA) is 0 Å².